The number of carbonyl (C=O) groups excluding carboxylic acids is 2. The molecular formula is C14H8N2O7S. The Morgan fingerprint density at radius 1 is 1.00 bits per heavy atom. The van der Waals surface area contributed by atoms with Gasteiger partial charge in [0.2, 0.25) is 11.1 Å². The third-order valence-corrected chi connectivity index (χ3v) is 3.97. The number of amides is 2. The number of fused-ring (bicyclic) bond motifs is 1. The average molecular weight is 348 g/mol. The number of benzene rings is 2. The second-order valence-electron chi connectivity index (χ2n) is 4.58. The van der Waals surface area contributed by atoms with Gasteiger partial charge < -0.3 is 0 Å². The molecule has 1 heterocycles. The quantitative estimate of drug-likeness (QED) is 0.350. The fourth-order valence-electron chi connectivity index (χ4n) is 2.03. The van der Waals surface area contributed by atoms with Gasteiger partial charge in [-0.3, -0.25) is 19.7 Å². The minimum absolute atomic E-state index is 0.0548. The Morgan fingerprint density at radius 3 is 2.21 bits per heavy atom. The molecule has 3 rings (SSSR count). The van der Waals surface area contributed by atoms with Gasteiger partial charge in [-0.1, -0.05) is 23.2 Å². The van der Waals surface area contributed by atoms with Crippen LogP contribution in [0.4, 0.5) is 5.69 Å². The first-order valence-corrected chi connectivity index (χ1v) is 7.55. The number of hydrogen-bond acceptors (Lipinski definition) is 7. The number of imide groups is 1. The SMILES string of the molecule is O=C1c2ccccc2C(=O)N1OOS(=O)c1cccc([N+](=O)[O-])c1. The van der Waals surface area contributed by atoms with E-state index in [0.717, 1.165) is 6.07 Å². The van der Waals surface area contributed by atoms with Crippen molar-refractivity contribution in [1.82, 2.24) is 5.06 Å². The molecule has 0 aromatic heterocycles. The Kier molecular flexibility index (Phi) is 4.16. The second kappa shape index (κ2) is 6.28. The molecule has 2 aromatic rings. The summed E-state index contributed by atoms with van der Waals surface area (Å²) in [5.74, 6) is -1.52. The third-order valence-electron chi connectivity index (χ3n) is 3.14. The van der Waals surface area contributed by atoms with Crippen molar-refractivity contribution in [3.8, 4) is 0 Å². The summed E-state index contributed by atoms with van der Waals surface area (Å²) in [6.07, 6.45) is 0. The zero-order valence-corrected chi connectivity index (χ0v) is 12.6. The number of nitro groups is 1. The molecule has 0 bridgehead atoms. The molecular weight excluding hydrogens is 340 g/mol. The highest BCUT2D eigenvalue weighted by Gasteiger charge is 2.38. The lowest BCUT2D eigenvalue weighted by Gasteiger charge is -2.10. The van der Waals surface area contributed by atoms with Crippen LogP contribution in [0.5, 0.6) is 0 Å². The lowest BCUT2D eigenvalue weighted by atomic mass is 10.1. The first-order chi connectivity index (χ1) is 11.5. The van der Waals surface area contributed by atoms with Crippen molar-refractivity contribution in [2.24, 2.45) is 0 Å². The monoisotopic (exact) mass is 348 g/mol. The molecule has 9 nitrogen and oxygen atoms in total. The molecule has 1 aliphatic rings. The van der Waals surface area contributed by atoms with Crippen LogP contribution in [0.3, 0.4) is 0 Å². The predicted molar refractivity (Wildman–Crippen MR) is 78.6 cm³/mol. The van der Waals surface area contributed by atoms with Crippen LogP contribution in [0, 0.1) is 10.1 Å². The minimum Gasteiger partial charge on any atom is -0.266 e. The van der Waals surface area contributed by atoms with Gasteiger partial charge in [0, 0.05) is 12.1 Å². The summed E-state index contributed by atoms with van der Waals surface area (Å²) >= 11 is -2.27. The van der Waals surface area contributed by atoms with Crippen molar-refractivity contribution in [3.63, 3.8) is 0 Å². The Bertz CT molecular complexity index is 848. The smallest absolute Gasteiger partial charge is 0.266 e. The maximum atomic E-state index is 12.0. The lowest BCUT2D eigenvalue weighted by Crippen LogP contribution is -2.30. The van der Waals surface area contributed by atoms with Crippen LogP contribution in [0.1, 0.15) is 20.7 Å². The summed E-state index contributed by atoms with van der Waals surface area (Å²) in [6.45, 7) is 0. The van der Waals surface area contributed by atoms with Gasteiger partial charge in [-0.15, -0.1) is 9.40 Å². The molecule has 24 heavy (non-hydrogen) atoms. The van der Waals surface area contributed by atoms with Crippen LogP contribution in [0.15, 0.2) is 53.4 Å². The zero-order chi connectivity index (χ0) is 17.3. The highest BCUT2D eigenvalue weighted by molar-refractivity contribution is 7.80. The average Bonchev–Trinajstić information content (AvgIpc) is 2.84. The molecule has 10 heteroatoms. The number of nitrogens with zero attached hydrogens (tertiary/aromatic N) is 2. The predicted octanol–water partition coefficient (Wildman–Crippen LogP) is 1.78. The van der Waals surface area contributed by atoms with Gasteiger partial charge >= 0.3 is 0 Å². The lowest BCUT2D eigenvalue weighted by molar-refractivity contribution is -0.385. The summed E-state index contributed by atoms with van der Waals surface area (Å²) in [4.78, 5) is 38.6. The topological polar surface area (TPSA) is 116 Å². The fraction of sp³-hybridized carbons (Fsp3) is 0. The molecule has 0 saturated carbocycles. The molecule has 0 radical (unpaired) electrons. The van der Waals surface area contributed by atoms with Crippen LogP contribution < -0.4 is 0 Å². The van der Waals surface area contributed by atoms with Gasteiger partial charge in [0.1, 0.15) is 0 Å². The highest BCUT2D eigenvalue weighted by Crippen LogP contribution is 2.24. The normalized spacial score (nSPS) is 14.6. The maximum absolute atomic E-state index is 12.0. The maximum Gasteiger partial charge on any atom is 0.288 e. The fourth-order valence-corrected chi connectivity index (χ4v) is 2.63. The van der Waals surface area contributed by atoms with E-state index >= 15 is 0 Å². The van der Waals surface area contributed by atoms with E-state index in [0.29, 0.717) is 5.06 Å². The highest BCUT2D eigenvalue weighted by atomic mass is 32.2. The molecule has 0 N–H and O–H groups in total. The Labute approximate surface area is 137 Å². The first kappa shape index (κ1) is 15.9. The Balaban J connectivity index is 1.72. The van der Waals surface area contributed by atoms with Crippen molar-refractivity contribution < 1.29 is 28.0 Å². The van der Waals surface area contributed by atoms with E-state index in [-0.39, 0.29) is 21.7 Å². The molecule has 0 fully saturated rings. The number of nitro benzene ring substituents is 1. The molecule has 1 atom stereocenters. The summed E-state index contributed by atoms with van der Waals surface area (Å²) in [6, 6.07) is 10.9. The van der Waals surface area contributed by atoms with E-state index in [4.69, 9.17) is 0 Å². The van der Waals surface area contributed by atoms with Gasteiger partial charge in [-0.2, -0.15) is 0 Å². The number of non-ortho nitro benzene ring substituents is 1. The molecule has 1 aliphatic heterocycles. The molecule has 1 unspecified atom stereocenters. The summed E-state index contributed by atoms with van der Waals surface area (Å²) in [7, 11) is 0. The molecule has 0 saturated heterocycles. The number of rotatable bonds is 5. The van der Waals surface area contributed by atoms with Crippen molar-refractivity contribution in [3.05, 3.63) is 69.8 Å². The van der Waals surface area contributed by atoms with Crippen molar-refractivity contribution in [2.75, 3.05) is 0 Å². The molecule has 0 spiro atoms. The van der Waals surface area contributed by atoms with E-state index in [2.05, 4.69) is 9.32 Å². The van der Waals surface area contributed by atoms with Crippen molar-refractivity contribution in [2.45, 2.75) is 4.90 Å². The minimum atomic E-state index is -2.27. The standard InChI is InChI=1S/C14H8N2O7S/c17-13-11-6-1-2-7-12(11)14(18)15(13)22-23-24(21)10-5-3-4-9(8-10)16(19)20/h1-8H. The first-order valence-electron chi connectivity index (χ1n) is 6.48. The van der Waals surface area contributed by atoms with E-state index < -0.39 is 27.8 Å². The van der Waals surface area contributed by atoms with E-state index in [1.54, 1.807) is 12.1 Å². The summed E-state index contributed by atoms with van der Waals surface area (Å²) < 4.78 is 16.5. The van der Waals surface area contributed by atoms with Gasteiger partial charge in [-0.25, -0.2) is 4.21 Å². The summed E-state index contributed by atoms with van der Waals surface area (Å²) in [5.41, 5.74) is -0.0235. The van der Waals surface area contributed by atoms with Crippen LogP contribution in [-0.4, -0.2) is 26.0 Å². The Hall–Kier alpha value is -2.95. The number of hydroxylamine groups is 2. The summed E-state index contributed by atoms with van der Waals surface area (Å²) in [5, 5.41) is 11.0. The molecule has 2 amide bonds. The number of hydrogen-bond donors (Lipinski definition) is 0. The van der Waals surface area contributed by atoms with Crippen LogP contribution in [0.25, 0.3) is 0 Å². The second-order valence-corrected chi connectivity index (χ2v) is 5.66. The van der Waals surface area contributed by atoms with Crippen LogP contribution in [-0.2, 0) is 20.4 Å². The number of carbonyl (C=O) groups is 2. The zero-order valence-electron chi connectivity index (χ0n) is 11.8. The third kappa shape index (κ3) is 2.80. The largest absolute Gasteiger partial charge is 0.288 e. The van der Waals surface area contributed by atoms with Crippen LogP contribution in [0.2, 0.25) is 0 Å². The van der Waals surface area contributed by atoms with Crippen molar-refractivity contribution >= 4 is 28.6 Å². The Morgan fingerprint density at radius 2 is 1.62 bits per heavy atom. The van der Waals surface area contributed by atoms with E-state index in [1.807, 2.05) is 0 Å². The van der Waals surface area contributed by atoms with Gasteiger partial charge in [-0.05, 0) is 18.2 Å². The molecule has 0 aliphatic carbocycles. The van der Waals surface area contributed by atoms with Gasteiger partial charge in [0.15, 0.2) is 0 Å². The van der Waals surface area contributed by atoms with Gasteiger partial charge in [0.25, 0.3) is 17.5 Å². The molecule has 2 aromatic carbocycles. The van der Waals surface area contributed by atoms with Crippen molar-refractivity contribution in [1.29, 1.82) is 0 Å². The van der Waals surface area contributed by atoms with Crippen LogP contribution >= 0.6 is 0 Å². The molecule has 122 valence electrons. The van der Waals surface area contributed by atoms with E-state index in [9.17, 15) is 23.9 Å². The van der Waals surface area contributed by atoms with E-state index in [1.165, 1.54) is 30.3 Å². The van der Waals surface area contributed by atoms with Gasteiger partial charge in [0.05, 0.1) is 20.9 Å².